The Morgan fingerprint density at radius 2 is 2.05 bits per heavy atom. The summed E-state index contributed by atoms with van der Waals surface area (Å²) >= 11 is 5.80. The van der Waals surface area contributed by atoms with E-state index >= 15 is 0 Å². The molecule has 0 aliphatic carbocycles. The third-order valence-corrected chi connectivity index (χ3v) is 2.75. The number of carboxylic acid groups (broad SMARTS) is 1. The predicted molar refractivity (Wildman–Crippen MR) is 77.2 cm³/mol. The maximum Gasteiger partial charge on any atom is 0.328 e. The van der Waals surface area contributed by atoms with Crippen molar-refractivity contribution in [1.82, 2.24) is 4.98 Å². The van der Waals surface area contributed by atoms with Gasteiger partial charge in [0.2, 0.25) is 5.88 Å². The molecule has 0 saturated carbocycles. The van der Waals surface area contributed by atoms with Crippen LogP contribution in [0.2, 0.25) is 5.02 Å². The highest BCUT2D eigenvalue weighted by atomic mass is 35.5. The summed E-state index contributed by atoms with van der Waals surface area (Å²) in [5, 5.41) is 9.21. The number of nitrogens with zero attached hydrogens (tertiary/aromatic N) is 1. The second-order valence-corrected chi connectivity index (χ2v) is 4.55. The van der Waals surface area contributed by atoms with Gasteiger partial charge in [0.05, 0.1) is 0 Å². The number of carbonyl (C=O) groups is 1. The van der Waals surface area contributed by atoms with Crippen LogP contribution in [0.1, 0.15) is 11.1 Å². The van der Waals surface area contributed by atoms with Crippen LogP contribution in [0, 0.1) is 6.92 Å². The van der Waals surface area contributed by atoms with E-state index < -0.39 is 5.97 Å². The maximum absolute atomic E-state index is 10.5. The van der Waals surface area contributed by atoms with Gasteiger partial charge in [0, 0.05) is 22.9 Å². The number of halogens is 1. The number of rotatable bonds is 4. The molecule has 5 heteroatoms. The van der Waals surface area contributed by atoms with E-state index in [-0.39, 0.29) is 0 Å². The molecule has 0 aliphatic rings. The van der Waals surface area contributed by atoms with Crippen molar-refractivity contribution in [1.29, 1.82) is 0 Å². The summed E-state index contributed by atoms with van der Waals surface area (Å²) in [5.74, 6) is 0.114. The Balaban J connectivity index is 2.17. The molecule has 0 radical (unpaired) electrons. The Kier molecular flexibility index (Phi) is 4.38. The first-order valence-corrected chi connectivity index (χ1v) is 6.23. The van der Waals surface area contributed by atoms with Gasteiger partial charge in [-0.05, 0) is 48.9 Å². The number of ether oxygens (including phenoxy) is 1. The lowest BCUT2D eigenvalue weighted by Gasteiger charge is -2.08. The van der Waals surface area contributed by atoms with Gasteiger partial charge in [-0.2, -0.15) is 0 Å². The molecule has 0 bridgehead atoms. The zero-order chi connectivity index (χ0) is 14.5. The van der Waals surface area contributed by atoms with Crippen molar-refractivity contribution in [3.8, 4) is 11.6 Å². The third-order valence-electron chi connectivity index (χ3n) is 2.50. The summed E-state index contributed by atoms with van der Waals surface area (Å²) in [6.45, 7) is 1.84. The van der Waals surface area contributed by atoms with Crippen molar-refractivity contribution in [2.24, 2.45) is 0 Å². The Hall–Kier alpha value is -2.33. The van der Waals surface area contributed by atoms with E-state index in [1.165, 1.54) is 6.08 Å². The van der Waals surface area contributed by atoms with E-state index in [4.69, 9.17) is 21.4 Å². The average molecular weight is 290 g/mol. The van der Waals surface area contributed by atoms with Gasteiger partial charge in [0.25, 0.3) is 0 Å². The smallest absolute Gasteiger partial charge is 0.328 e. The van der Waals surface area contributed by atoms with Crippen molar-refractivity contribution in [2.75, 3.05) is 0 Å². The van der Waals surface area contributed by atoms with E-state index in [1.807, 2.05) is 6.92 Å². The molecule has 0 unspecified atom stereocenters. The predicted octanol–water partition coefficient (Wildman–Crippen LogP) is 3.93. The van der Waals surface area contributed by atoms with Gasteiger partial charge in [-0.25, -0.2) is 9.78 Å². The number of aromatic nitrogens is 1. The topological polar surface area (TPSA) is 59.4 Å². The highest BCUT2D eigenvalue weighted by Gasteiger charge is 2.04. The summed E-state index contributed by atoms with van der Waals surface area (Å²) in [4.78, 5) is 14.6. The molecule has 4 nitrogen and oxygen atoms in total. The van der Waals surface area contributed by atoms with Gasteiger partial charge in [-0.3, -0.25) is 0 Å². The van der Waals surface area contributed by atoms with Gasteiger partial charge in [0.1, 0.15) is 5.75 Å². The Morgan fingerprint density at radius 1 is 1.35 bits per heavy atom. The van der Waals surface area contributed by atoms with Gasteiger partial charge in [-0.1, -0.05) is 11.6 Å². The summed E-state index contributed by atoms with van der Waals surface area (Å²) in [5.41, 5.74) is 1.51. The van der Waals surface area contributed by atoms with Crippen molar-refractivity contribution in [3.63, 3.8) is 0 Å². The molecule has 20 heavy (non-hydrogen) atoms. The summed E-state index contributed by atoms with van der Waals surface area (Å²) < 4.78 is 5.63. The van der Waals surface area contributed by atoms with Crippen LogP contribution in [0.25, 0.3) is 6.08 Å². The van der Waals surface area contributed by atoms with Gasteiger partial charge >= 0.3 is 5.97 Å². The molecule has 1 aromatic heterocycles. The van der Waals surface area contributed by atoms with E-state index in [1.54, 1.807) is 36.5 Å². The summed E-state index contributed by atoms with van der Waals surface area (Å²) in [6.07, 6.45) is 4.10. The average Bonchev–Trinajstić information content (AvgIpc) is 2.41. The van der Waals surface area contributed by atoms with Crippen molar-refractivity contribution >= 4 is 23.6 Å². The molecule has 1 heterocycles. The molecule has 0 aliphatic heterocycles. The highest BCUT2D eigenvalue weighted by Crippen LogP contribution is 2.24. The van der Waals surface area contributed by atoms with Crippen LogP contribution in [-0.4, -0.2) is 16.1 Å². The lowest BCUT2D eigenvalue weighted by atomic mass is 10.2. The van der Waals surface area contributed by atoms with Crippen molar-refractivity contribution in [2.45, 2.75) is 6.92 Å². The van der Waals surface area contributed by atoms with Crippen LogP contribution in [0.4, 0.5) is 0 Å². The number of pyridine rings is 1. The van der Waals surface area contributed by atoms with Crippen LogP contribution in [0.5, 0.6) is 11.6 Å². The van der Waals surface area contributed by atoms with E-state index in [0.717, 1.165) is 11.6 Å². The second kappa shape index (κ2) is 6.21. The number of benzene rings is 1. The molecule has 0 spiro atoms. The molecule has 1 aromatic carbocycles. The van der Waals surface area contributed by atoms with Crippen LogP contribution in [0.15, 0.2) is 42.6 Å². The van der Waals surface area contributed by atoms with Crippen LogP contribution in [0.3, 0.4) is 0 Å². The van der Waals surface area contributed by atoms with Gasteiger partial charge in [0.15, 0.2) is 0 Å². The third kappa shape index (κ3) is 3.83. The maximum atomic E-state index is 10.5. The molecule has 1 N–H and O–H groups in total. The molecule has 0 amide bonds. The normalized spacial score (nSPS) is 10.7. The number of aliphatic carboxylic acids is 1. The molecule has 0 atom stereocenters. The standard InChI is InChI=1S/C15H12ClNO3/c1-10-8-11(2-7-14(18)19)9-17-15(10)20-13-5-3-12(16)4-6-13/h2-9H,1H3,(H,18,19)/b7-2+. The van der Waals surface area contributed by atoms with Crippen molar-refractivity contribution < 1.29 is 14.6 Å². The second-order valence-electron chi connectivity index (χ2n) is 4.12. The largest absolute Gasteiger partial charge is 0.478 e. The zero-order valence-corrected chi connectivity index (χ0v) is 11.5. The van der Waals surface area contributed by atoms with Crippen molar-refractivity contribution in [3.05, 3.63) is 58.8 Å². The van der Waals surface area contributed by atoms with Crippen LogP contribution in [-0.2, 0) is 4.79 Å². The van der Waals surface area contributed by atoms with E-state index in [9.17, 15) is 4.79 Å². The van der Waals surface area contributed by atoms with E-state index in [0.29, 0.717) is 22.2 Å². The molecule has 2 aromatic rings. The number of hydrogen-bond acceptors (Lipinski definition) is 3. The molecule has 102 valence electrons. The zero-order valence-electron chi connectivity index (χ0n) is 10.7. The molecular formula is C15H12ClNO3. The van der Waals surface area contributed by atoms with Crippen LogP contribution < -0.4 is 4.74 Å². The first-order valence-electron chi connectivity index (χ1n) is 5.85. The minimum atomic E-state index is -0.996. The Bertz CT molecular complexity index is 651. The summed E-state index contributed by atoms with van der Waals surface area (Å²) in [6, 6.07) is 8.77. The Labute approximate surface area is 121 Å². The number of aryl methyl sites for hydroxylation is 1. The Morgan fingerprint density at radius 3 is 2.65 bits per heavy atom. The molecule has 0 saturated heterocycles. The SMILES string of the molecule is Cc1cc(/C=C/C(=O)O)cnc1Oc1ccc(Cl)cc1. The molecule has 2 rings (SSSR count). The van der Waals surface area contributed by atoms with Gasteiger partial charge in [-0.15, -0.1) is 0 Å². The first kappa shape index (κ1) is 14.1. The lowest BCUT2D eigenvalue weighted by Crippen LogP contribution is -1.92. The summed E-state index contributed by atoms with van der Waals surface area (Å²) in [7, 11) is 0. The molecule has 0 fully saturated rings. The first-order chi connectivity index (χ1) is 9.54. The number of carboxylic acids is 1. The van der Waals surface area contributed by atoms with E-state index in [2.05, 4.69) is 4.98 Å². The minimum absolute atomic E-state index is 0.472. The fraction of sp³-hybridized carbons (Fsp3) is 0.0667. The monoisotopic (exact) mass is 289 g/mol. The highest BCUT2D eigenvalue weighted by molar-refractivity contribution is 6.30. The fourth-order valence-corrected chi connectivity index (χ4v) is 1.69. The minimum Gasteiger partial charge on any atom is -0.478 e. The fourth-order valence-electron chi connectivity index (χ4n) is 1.56. The number of hydrogen-bond donors (Lipinski definition) is 1. The lowest BCUT2D eigenvalue weighted by molar-refractivity contribution is -0.131. The molecular weight excluding hydrogens is 278 g/mol. The quantitative estimate of drug-likeness (QED) is 0.866. The van der Waals surface area contributed by atoms with Gasteiger partial charge < -0.3 is 9.84 Å². The van der Waals surface area contributed by atoms with Crippen LogP contribution >= 0.6 is 11.6 Å².